The molecule has 11 heavy (non-hydrogen) atoms. The summed E-state index contributed by atoms with van der Waals surface area (Å²) in [6, 6.07) is 0. The molecule has 0 saturated carbocycles. The lowest BCUT2D eigenvalue weighted by Crippen LogP contribution is -2.49. The van der Waals surface area contributed by atoms with Gasteiger partial charge in [-0.05, 0) is 0 Å². The summed E-state index contributed by atoms with van der Waals surface area (Å²) in [5.41, 5.74) is 5.05. The number of primary amides is 1. The average molecular weight is 158 g/mol. The van der Waals surface area contributed by atoms with Crippen LogP contribution < -0.4 is 11.1 Å². The van der Waals surface area contributed by atoms with Crippen LogP contribution in [0.25, 0.3) is 0 Å². The van der Waals surface area contributed by atoms with E-state index in [1.54, 1.807) is 6.92 Å². The molecule has 0 bridgehead atoms. The third-order valence-corrected chi connectivity index (χ3v) is 1.81. The summed E-state index contributed by atoms with van der Waals surface area (Å²) in [7, 11) is 0. The average Bonchev–Trinajstić information content (AvgIpc) is 1.83. The molecule has 4 heteroatoms. The Hall–Kier alpha value is -0.610. The number of carbonyl (C=O) groups excluding carboxylic acids is 1. The maximum atomic E-state index is 10.5. The number of nitrogens with one attached hydrogen (secondary N) is 1. The lowest BCUT2D eigenvalue weighted by Gasteiger charge is -2.27. The van der Waals surface area contributed by atoms with Gasteiger partial charge in [-0.3, -0.25) is 4.79 Å². The van der Waals surface area contributed by atoms with Crippen molar-refractivity contribution in [2.75, 3.05) is 19.7 Å². The van der Waals surface area contributed by atoms with E-state index in [0.29, 0.717) is 6.61 Å². The van der Waals surface area contributed by atoms with Crippen LogP contribution in [0.3, 0.4) is 0 Å². The standard InChI is InChI=1S/C7H14N2O2/c1-5(7(8)10)4-11-6-2-9-3-6/h5-6,9H,2-4H2,1H3,(H2,8,10). The van der Waals surface area contributed by atoms with Crippen molar-refractivity contribution in [2.24, 2.45) is 11.7 Å². The van der Waals surface area contributed by atoms with E-state index in [9.17, 15) is 4.79 Å². The van der Waals surface area contributed by atoms with Crippen molar-refractivity contribution in [3.63, 3.8) is 0 Å². The van der Waals surface area contributed by atoms with Gasteiger partial charge in [0, 0.05) is 13.1 Å². The van der Waals surface area contributed by atoms with E-state index in [2.05, 4.69) is 5.32 Å². The highest BCUT2D eigenvalue weighted by molar-refractivity contribution is 5.76. The summed E-state index contributed by atoms with van der Waals surface area (Å²) >= 11 is 0. The predicted octanol–water partition coefficient (Wildman–Crippen LogP) is -0.904. The van der Waals surface area contributed by atoms with E-state index in [-0.39, 0.29) is 17.9 Å². The molecule has 1 atom stereocenters. The molecule has 1 amide bonds. The summed E-state index contributed by atoms with van der Waals surface area (Å²) in [4.78, 5) is 10.5. The van der Waals surface area contributed by atoms with Crippen LogP contribution in [-0.4, -0.2) is 31.7 Å². The molecule has 64 valence electrons. The number of rotatable bonds is 4. The van der Waals surface area contributed by atoms with Gasteiger partial charge in [0.15, 0.2) is 0 Å². The smallest absolute Gasteiger partial charge is 0.222 e. The number of amides is 1. The van der Waals surface area contributed by atoms with Gasteiger partial charge in [0.2, 0.25) is 5.91 Å². The molecule has 4 nitrogen and oxygen atoms in total. The molecule has 0 aliphatic carbocycles. The van der Waals surface area contributed by atoms with Gasteiger partial charge in [-0.15, -0.1) is 0 Å². The third kappa shape index (κ3) is 2.48. The van der Waals surface area contributed by atoms with Crippen LogP contribution in [0.5, 0.6) is 0 Å². The largest absolute Gasteiger partial charge is 0.375 e. The Labute approximate surface area is 66.1 Å². The predicted molar refractivity (Wildman–Crippen MR) is 41.0 cm³/mol. The summed E-state index contributed by atoms with van der Waals surface area (Å²) in [6.45, 7) is 4.01. The summed E-state index contributed by atoms with van der Waals surface area (Å²) in [5, 5.41) is 3.07. The van der Waals surface area contributed by atoms with Gasteiger partial charge >= 0.3 is 0 Å². The number of hydrogen-bond acceptors (Lipinski definition) is 3. The van der Waals surface area contributed by atoms with Crippen molar-refractivity contribution in [2.45, 2.75) is 13.0 Å². The molecular weight excluding hydrogens is 144 g/mol. The minimum atomic E-state index is -0.294. The monoisotopic (exact) mass is 158 g/mol. The number of nitrogens with two attached hydrogens (primary N) is 1. The van der Waals surface area contributed by atoms with Crippen molar-refractivity contribution in [3.8, 4) is 0 Å². The van der Waals surface area contributed by atoms with Crippen LogP contribution in [0.1, 0.15) is 6.92 Å². The first-order valence-corrected chi connectivity index (χ1v) is 3.82. The lowest BCUT2D eigenvalue weighted by atomic mass is 10.2. The number of ether oxygens (including phenoxy) is 1. The van der Waals surface area contributed by atoms with Crippen LogP contribution >= 0.6 is 0 Å². The van der Waals surface area contributed by atoms with Crippen molar-refractivity contribution >= 4 is 5.91 Å². The Balaban J connectivity index is 2.05. The molecule has 1 aliphatic rings. The topological polar surface area (TPSA) is 64.3 Å². The highest BCUT2D eigenvalue weighted by atomic mass is 16.5. The maximum Gasteiger partial charge on any atom is 0.222 e. The SMILES string of the molecule is CC(COC1CNC1)C(N)=O. The Kier molecular flexibility index (Phi) is 2.84. The molecule has 1 fully saturated rings. The van der Waals surface area contributed by atoms with Gasteiger partial charge in [-0.2, -0.15) is 0 Å². The van der Waals surface area contributed by atoms with E-state index < -0.39 is 0 Å². The first-order valence-electron chi connectivity index (χ1n) is 3.82. The van der Waals surface area contributed by atoms with E-state index >= 15 is 0 Å². The minimum absolute atomic E-state index is 0.171. The summed E-state index contributed by atoms with van der Waals surface area (Å²) in [5.74, 6) is -0.465. The molecule has 3 N–H and O–H groups in total. The second-order valence-electron chi connectivity index (χ2n) is 2.92. The molecule has 1 heterocycles. The molecule has 0 spiro atoms. The number of carbonyl (C=O) groups is 1. The highest BCUT2D eigenvalue weighted by Crippen LogP contribution is 2.02. The van der Waals surface area contributed by atoms with Gasteiger partial charge in [0.25, 0.3) is 0 Å². The van der Waals surface area contributed by atoms with E-state index in [0.717, 1.165) is 13.1 Å². The van der Waals surface area contributed by atoms with Crippen LogP contribution in [-0.2, 0) is 9.53 Å². The zero-order chi connectivity index (χ0) is 8.27. The van der Waals surface area contributed by atoms with Gasteiger partial charge in [-0.1, -0.05) is 6.92 Å². The van der Waals surface area contributed by atoms with Gasteiger partial charge in [0.05, 0.1) is 18.6 Å². The molecular formula is C7H14N2O2. The summed E-state index contributed by atoms with van der Waals surface area (Å²) in [6.07, 6.45) is 0.289. The first kappa shape index (κ1) is 8.49. The second kappa shape index (κ2) is 3.69. The normalized spacial score (nSPS) is 20.8. The Morgan fingerprint density at radius 3 is 2.82 bits per heavy atom. The van der Waals surface area contributed by atoms with Gasteiger partial charge in [0.1, 0.15) is 0 Å². The fourth-order valence-corrected chi connectivity index (χ4v) is 0.743. The van der Waals surface area contributed by atoms with E-state index in [1.165, 1.54) is 0 Å². The van der Waals surface area contributed by atoms with E-state index in [1.807, 2.05) is 0 Å². The minimum Gasteiger partial charge on any atom is -0.375 e. The van der Waals surface area contributed by atoms with Crippen molar-refractivity contribution in [1.29, 1.82) is 0 Å². The Morgan fingerprint density at radius 1 is 1.82 bits per heavy atom. The third-order valence-electron chi connectivity index (χ3n) is 1.81. The van der Waals surface area contributed by atoms with Crippen molar-refractivity contribution < 1.29 is 9.53 Å². The molecule has 0 aromatic rings. The Morgan fingerprint density at radius 2 is 2.45 bits per heavy atom. The zero-order valence-corrected chi connectivity index (χ0v) is 6.67. The molecule has 0 radical (unpaired) electrons. The lowest BCUT2D eigenvalue weighted by molar-refractivity contribution is -0.124. The molecule has 0 aromatic carbocycles. The van der Waals surface area contributed by atoms with Gasteiger partial charge in [-0.25, -0.2) is 0 Å². The first-order chi connectivity index (χ1) is 5.20. The van der Waals surface area contributed by atoms with Crippen LogP contribution in [0.4, 0.5) is 0 Å². The highest BCUT2D eigenvalue weighted by Gasteiger charge is 2.19. The quantitative estimate of drug-likeness (QED) is 0.557. The van der Waals surface area contributed by atoms with Gasteiger partial charge < -0.3 is 15.8 Å². The second-order valence-corrected chi connectivity index (χ2v) is 2.92. The maximum absolute atomic E-state index is 10.5. The molecule has 1 saturated heterocycles. The molecule has 1 rings (SSSR count). The molecule has 1 aliphatic heterocycles. The molecule has 0 aromatic heterocycles. The zero-order valence-electron chi connectivity index (χ0n) is 6.67. The van der Waals surface area contributed by atoms with E-state index in [4.69, 9.17) is 10.5 Å². The Bertz CT molecular complexity index is 145. The van der Waals surface area contributed by atoms with Crippen LogP contribution in [0, 0.1) is 5.92 Å². The fourth-order valence-electron chi connectivity index (χ4n) is 0.743. The number of hydrogen-bond donors (Lipinski definition) is 2. The molecule has 1 unspecified atom stereocenters. The van der Waals surface area contributed by atoms with Crippen LogP contribution in [0.2, 0.25) is 0 Å². The van der Waals surface area contributed by atoms with Crippen molar-refractivity contribution in [3.05, 3.63) is 0 Å². The van der Waals surface area contributed by atoms with Crippen LogP contribution in [0.15, 0.2) is 0 Å². The van der Waals surface area contributed by atoms with Crippen molar-refractivity contribution in [1.82, 2.24) is 5.32 Å². The summed E-state index contributed by atoms with van der Waals surface area (Å²) < 4.78 is 5.34. The fraction of sp³-hybridized carbons (Fsp3) is 0.857.